The van der Waals surface area contributed by atoms with Gasteiger partial charge in [0, 0.05) is 5.69 Å². The van der Waals surface area contributed by atoms with Crippen molar-refractivity contribution in [2.75, 3.05) is 33.3 Å². The SMILES string of the molecule is COC(=O)C1=C(C(=O)OC)[C@@H](c2cccc(OC)c2)N(c2ccccc2)[C@@H]1C(=O)OC. The molecule has 0 unspecified atom stereocenters. The first kappa shape index (κ1) is 21.9. The quantitative estimate of drug-likeness (QED) is 0.515. The molecule has 0 radical (unpaired) electrons. The Balaban J connectivity index is 2.36. The van der Waals surface area contributed by atoms with Crippen LogP contribution in [0.4, 0.5) is 5.69 Å². The van der Waals surface area contributed by atoms with E-state index >= 15 is 0 Å². The Morgan fingerprint density at radius 1 is 0.774 bits per heavy atom. The average Bonchev–Trinajstić information content (AvgIpc) is 3.19. The molecule has 0 spiro atoms. The van der Waals surface area contributed by atoms with Crippen LogP contribution >= 0.6 is 0 Å². The van der Waals surface area contributed by atoms with Gasteiger partial charge in [0.15, 0.2) is 6.04 Å². The lowest BCUT2D eigenvalue weighted by Crippen LogP contribution is -2.42. The summed E-state index contributed by atoms with van der Waals surface area (Å²) in [5.74, 6) is -1.73. The number of methoxy groups -OCH3 is 4. The van der Waals surface area contributed by atoms with Gasteiger partial charge in [-0.05, 0) is 29.8 Å². The van der Waals surface area contributed by atoms with E-state index in [0.717, 1.165) is 0 Å². The number of para-hydroxylation sites is 1. The summed E-state index contributed by atoms with van der Waals surface area (Å²) in [6.07, 6.45) is 0. The third-order valence-corrected chi connectivity index (χ3v) is 5.09. The second-order valence-corrected chi connectivity index (χ2v) is 6.66. The Kier molecular flexibility index (Phi) is 6.59. The van der Waals surface area contributed by atoms with Crippen LogP contribution in [0, 0.1) is 0 Å². The Morgan fingerprint density at radius 2 is 1.42 bits per heavy atom. The van der Waals surface area contributed by atoms with Gasteiger partial charge in [0.1, 0.15) is 5.75 Å². The highest BCUT2D eigenvalue weighted by molar-refractivity contribution is 6.10. The maximum atomic E-state index is 12.9. The van der Waals surface area contributed by atoms with Gasteiger partial charge >= 0.3 is 17.9 Å². The molecule has 0 saturated heterocycles. The molecule has 2 aromatic rings. The smallest absolute Gasteiger partial charge is 0.337 e. The van der Waals surface area contributed by atoms with Gasteiger partial charge in [0.2, 0.25) is 0 Å². The lowest BCUT2D eigenvalue weighted by Gasteiger charge is -2.33. The van der Waals surface area contributed by atoms with Crippen molar-refractivity contribution >= 4 is 23.6 Å². The van der Waals surface area contributed by atoms with Crippen LogP contribution in [0.1, 0.15) is 11.6 Å². The van der Waals surface area contributed by atoms with Crippen LogP contribution in [-0.2, 0) is 28.6 Å². The van der Waals surface area contributed by atoms with Crippen molar-refractivity contribution in [3.63, 3.8) is 0 Å². The first-order chi connectivity index (χ1) is 15.0. The van der Waals surface area contributed by atoms with Gasteiger partial charge < -0.3 is 23.8 Å². The number of ether oxygens (including phenoxy) is 4. The first-order valence-corrected chi connectivity index (χ1v) is 9.44. The largest absolute Gasteiger partial charge is 0.497 e. The van der Waals surface area contributed by atoms with E-state index in [2.05, 4.69) is 0 Å². The summed E-state index contributed by atoms with van der Waals surface area (Å²) in [6.45, 7) is 0. The highest BCUT2D eigenvalue weighted by Gasteiger charge is 2.51. The third kappa shape index (κ3) is 3.96. The van der Waals surface area contributed by atoms with Crippen LogP contribution in [0.2, 0.25) is 0 Å². The standard InChI is InChI=1S/C23H23NO7/c1-28-16-12-8-9-14(13-16)19-17(21(25)29-2)18(22(26)30-3)20(23(27)31-4)24(19)15-10-6-5-7-11-15/h5-13,19-20H,1-4H3/t19-,20+/m1/s1. The normalized spacial score (nSPS) is 17.9. The monoisotopic (exact) mass is 425 g/mol. The highest BCUT2D eigenvalue weighted by atomic mass is 16.5. The van der Waals surface area contributed by atoms with Gasteiger partial charge in [0.05, 0.1) is 45.6 Å². The minimum absolute atomic E-state index is 0.00172. The van der Waals surface area contributed by atoms with E-state index in [1.165, 1.54) is 28.4 Å². The number of rotatable bonds is 6. The molecule has 0 N–H and O–H groups in total. The molecule has 3 rings (SSSR count). The number of carbonyl (C=O) groups excluding carboxylic acids is 3. The van der Waals surface area contributed by atoms with Gasteiger partial charge in [-0.15, -0.1) is 0 Å². The van der Waals surface area contributed by atoms with Crippen LogP contribution < -0.4 is 9.64 Å². The Labute approximate surface area is 180 Å². The molecule has 2 aromatic carbocycles. The summed E-state index contributed by atoms with van der Waals surface area (Å²) >= 11 is 0. The van der Waals surface area contributed by atoms with Gasteiger partial charge in [-0.1, -0.05) is 30.3 Å². The van der Waals surface area contributed by atoms with Crippen LogP contribution in [0.5, 0.6) is 5.75 Å². The average molecular weight is 425 g/mol. The molecule has 1 aliphatic rings. The third-order valence-electron chi connectivity index (χ3n) is 5.09. The fourth-order valence-corrected chi connectivity index (χ4v) is 3.77. The van der Waals surface area contributed by atoms with Crippen molar-refractivity contribution in [3.05, 3.63) is 71.3 Å². The summed E-state index contributed by atoms with van der Waals surface area (Å²) < 4.78 is 20.3. The molecule has 0 aliphatic carbocycles. The minimum Gasteiger partial charge on any atom is -0.497 e. The van der Waals surface area contributed by atoms with E-state index in [0.29, 0.717) is 17.0 Å². The maximum Gasteiger partial charge on any atom is 0.337 e. The zero-order valence-corrected chi connectivity index (χ0v) is 17.7. The number of esters is 3. The van der Waals surface area contributed by atoms with Gasteiger partial charge in [-0.2, -0.15) is 0 Å². The summed E-state index contributed by atoms with van der Waals surface area (Å²) in [7, 11) is 5.14. The van der Waals surface area contributed by atoms with Crippen LogP contribution in [0.25, 0.3) is 0 Å². The molecular formula is C23H23NO7. The second-order valence-electron chi connectivity index (χ2n) is 6.66. The zero-order valence-electron chi connectivity index (χ0n) is 17.7. The second kappa shape index (κ2) is 9.34. The molecular weight excluding hydrogens is 402 g/mol. The molecule has 8 nitrogen and oxygen atoms in total. The molecule has 0 bridgehead atoms. The van der Waals surface area contributed by atoms with Crippen molar-refractivity contribution in [1.29, 1.82) is 0 Å². The van der Waals surface area contributed by atoms with E-state index in [1.807, 2.05) is 6.07 Å². The Hall–Kier alpha value is -3.81. The Bertz CT molecular complexity index is 1020. The summed E-state index contributed by atoms with van der Waals surface area (Å²) in [5, 5.41) is 0. The van der Waals surface area contributed by atoms with Gasteiger partial charge in [-0.25, -0.2) is 14.4 Å². The van der Waals surface area contributed by atoms with E-state index in [-0.39, 0.29) is 11.1 Å². The van der Waals surface area contributed by atoms with Crippen LogP contribution in [-0.4, -0.2) is 52.4 Å². The molecule has 31 heavy (non-hydrogen) atoms. The van der Waals surface area contributed by atoms with Crippen LogP contribution in [0.3, 0.4) is 0 Å². The van der Waals surface area contributed by atoms with Crippen molar-refractivity contribution in [1.82, 2.24) is 0 Å². The molecule has 0 fully saturated rings. The first-order valence-electron chi connectivity index (χ1n) is 9.44. The van der Waals surface area contributed by atoms with E-state index < -0.39 is 30.0 Å². The highest BCUT2D eigenvalue weighted by Crippen LogP contribution is 2.45. The molecule has 162 valence electrons. The van der Waals surface area contributed by atoms with Gasteiger partial charge in [-0.3, -0.25) is 0 Å². The van der Waals surface area contributed by atoms with E-state index in [9.17, 15) is 14.4 Å². The van der Waals surface area contributed by atoms with E-state index in [1.54, 1.807) is 53.4 Å². The van der Waals surface area contributed by atoms with Crippen molar-refractivity contribution in [3.8, 4) is 5.75 Å². The predicted octanol–water partition coefficient (Wildman–Crippen LogP) is 2.44. The molecule has 0 aromatic heterocycles. The van der Waals surface area contributed by atoms with Crippen molar-refractivity contribution in [2.24, 2.45) is 0 Å². The number of nitrogens with zero attached hydrogens (tertiary/aromatic N) is 1. The van der Waals surface area contributed by atoms with Crippen molar-refractivity contribution < 1.29 is 33.3 Å². The number of anilines is 1. The summed E-state index contributed by atoms with van der Waals surface area (Å²) in [5.41, 5.74) is 1.10. The number of carbonyl (C=O) groups is 3. The van der Waals surface area contributed by atoms with E-state index in [4.69, 9.17) is 18.9 Å². The number of hydrogen-bond donors (Lipinski definition) is 0. The van der Waals surface area contributed by atoms with Gasteiger partial charge in [0.25, 0.3) is 0 Å². The zero-order chi connectivity index (χ0) is 22.5. The molecule has 0 saturated carbocycles. The molecule has 8 heteroatoms. The lowest BCUT2D eigenvalue weighted by atomic mass is 9.96. The fraction of sp³-hybridized carbons (Fsp3) is 0.261. The number of benzene rings is 2. The molecule has 2 atom stereocenters. The van der Waals surface area contributed by atoms with Crippen LogP contribution in [0.15, 0.2) is 65.7 Å². The lowest BCUT2D eigenvalue weighted by molar-refractivity contribution is -0.144. The number of hydrogen-bond acceptors (Lipinski definition) is 8. The molecule has 1 heterocycles. The minimum atomic E-state index is -1.22. The topological polar surface area (TPSA) is 91.4 Å². The fourth-order valence-electron chi connectivity index (χ4n) is 3.77. The summed E-state index contributed by atoms with van der Waals surface area (Å²) in [4.78, 5) is 40.3. The maximum absolute atomic E-state index is 12.9. The summed E-state index contributed by atoms with van der Waals surface area (Å²) in [6, 6.07) is 13.9. The Morgan fingerprint density at radius 3 is 2.00 bits per heavy atom. The van der Waals surface area contributed by atoms with Crippen molar-refractivity contribution in [2.45, 2.75) is 12.1 Å². The predicted molar refractivity (Wildman–Crippen MR) is 112 cm³/mol. The molecule has 0 amide bonds. The molecule has 1 aliphatic heterocycles.